The number of nitrogens with one attached hydrogen (secondary N) is 4. The Bertz CT molecular complexity index is 461. The predicted octanol–water partition coefficient (Wildman–Crippen LogP) is 1.14. The molecule has 1 amide bonds. The van der Waals surface area contributed by atoms with E-state index in [1.54, 1.807) is 0 Å². The molecule has 6 N–H and O–H groups in total. The fourth-order valence-corrected chi connectivity index (χ4v) is 2.99. The number of rotatable bonds is 10. The van der Waals surface area contributed by atoms with Gasteiger partial charge in [0.2, 0.25) is 0 Å². The number of carboxylic acids is 1. The lowest BCUT2D eigenvalue weighted by molar-refractivity contribution is -0.143. The van der Waals surface area contributed by atoms with Crippen LogP contribution in [0.2, 0.25) is 0 Å². The summed E-state index contributed by atoms with van der Waals surface area (Å²) in [5.74, 6) is -0.568. The minimum Gasteiger partial charge on any atom is -0.481 e. The number of hydrogen-bond acceptors (Lipinski definition) is 7. The van der Waals surface area contributed by atoms with E-state index in [1.807, 2.05) is 27.7 Å². The zero-order chi connectivity index (χ0) is 20.4. The van der Waals surface area contributed by atoms with Crippen molar-refractivity contribution in [2.24, 2.45) is 11.8 Å². The van der Waals surface area contributed by atoms with Gasteiger partial charge >= 0.3 is 12.1 Å². The van der Waals surface area contributed by atoms with Gasteiger partial charge in [-0.2, -0.15) is 0 Å². The van der Waals surface area contributed by atoms with Gasteiger partial charge in [0, 0.05) is 19.1 Å². The van der Waals surface area contributed by atoms with Crippen molar-refractivity contribution in [1.29, 1.82) is 0 Å². The summed E-state index contributed by atoms with van der Waals surface area (Å²) < 4.78 is 5.23. The molecule has 1 aliphatic carbocycles. The molecule has 9 heteroatoms. The number of carboxylic acid groups (broad SMARTS) is 1. The van der Waals surface area contributed by atoms with Crippen molar-refractivity contribution in [3.8, 4) is 0 Å². The molecule has 1 fully saturated rings. The second-order valence-corrected chi connectivity index (χ2v) is 8.14. The Hall–Kier alpha value is -1.42. The molecule has 0 aromatic carbocycles. The zero-order valence-electron chi connectivity index (χ0n) is 16.9. The lowest BCUT2D eigenvalue weighted by atomic mass is 9.82. The highest BCUT2D eigenvalue weighted by Gasteiger charge is 2.26. The van der Waals surface area contributed by atoms with Crippen LogP contribution in [0.5, 0.6) is 0 Å². The van der Waals surface area contributed by atoms with E-state index in [0.717, 1.165) is 12.8 Å². The molecule has 0 radical (unpaired) electrons. The van der Waals surface area contributed by atoms with Crippen LogP contribution >= 0.6 is 0 Å². The molecule has 2 unspecified atom stereocenters. The molecule has 27 heavy (non-hydrogen) atoms. The first-order valence-electron chi connectivity index (χ1n) is 9.72. The number of aliphatic hydroxyl groups excluding tert-OH is 1. The van der Waals surface area contributed by atoms with Gasteiger partial charge in [0.25, 0.3) is 0 Å². The van der Waals surface area contributed by atoms with Gasteiger partial charge < -0.3 is 20.3 Å². The summed E-state index contributed by atoms with van der Waals surface area (Å²) in [4.78, 5) is 22.7. The topological polar surface area (TPSA) is 132 Å². The Morgan fingerprint density at radius 3 is 2.33 bits per heavy atom. The maximum atomic E-state index is 11.8. The first kappa shape index (κ1) is 23.6. The maximum Gasteiger partial charge on any atom is 0.407 e. The van der Waals surface area contributed by atoms with Crippen LogP contribution in [-0.2, 0) is 9.53 Å². The van der Waals surface area contributed by atoms with E-state index in [1.165, 1.54) is 0 Å². The lowest BCUT2D eigenvalue weighted by Gasteiger charge is -2.27. The fraction of sp³-hybridized carbons (Fsp3) is 0.889. The van der Waals surface area contributed by atoms with Crippen LogP contribution in [0.3, 0.4) is 0 Å². The molecule has 158 valence electrons. The van der Waals surface area contributed by atoms with Crippen LogP contribution in [0.25, 0.3) is 0 Å². The quantitative estimate of drug-likeness (QED) is 0.243. The third-order valence-electron chi connectivity index (χ3n) is 4.60. The van der Waals surface area contributed by atoms with E-state index in [9.17, 15) is 14.7 Å². The Kier molecular flexibility index (Phi) is 10.00. The summed E-state index contributed by atoms with van der Waals surface area (Å²) in [6.07, 6.45) is 2.40. The summed E-state index contributed by atoms with van der Waals surface area (Å²) >= 11 is 0. The van der Waals surface area contributed by atoms with Crippen LogP contribution in [0.15, 0.2) is 0 Å². The largest absolute Gasteiger partial charge is 0.481 e. The van der Waals surface area contributed by atoms with E-state index >= 15 is 0 Å². The van der Waals surface area contributed by atoms with Gasteiger partial charge in [0.15, 0.2) is 6.35 Å². The molecule has 0 heterocycles. The van der Waals surface area contributed by atoms with Crippen molar-refractivity contribution in [1.82, 2.24) is 21.5 Å². The Labute approximate surface area is 161 Å². The summed E-state index contributed by atoms with van der Waals surface area (Å²) in [7, 11) is 0. The average Bonchev–Trinajstić information content (AvgIpc) is 2.57. The minimum atomic E-state index is -0.929. The number of carbonyl (C=O) groups is 2. The maximum absolute atomic E-state index is 11.8. The summed E-state index contributed by atoms with van der Waals surface area (Å²) in [6, 6.07) is -0.133. The SMILES string of the molecule is CCC(CNNC(O)NCC1CCC(C(=O)O)CC1)NC(=O)OC(C)(C)C. The summed E-state index contributed by atoms with van der Waals surface area (Å²) in [6.45, 7) is 8.43. The summed E-state index contributed by atoms with van der Waals surface area (Å²) in [5.41, 5.74) is 5.10. The molecule has 0 aromatic rings. The van der Waals surface area contributed by atoms with Crippen molar-refractivity contribution in [2.75, 3.05) is 13.1 Å². The van der Waals surface area contributed by atoms with Gasteiger partial charge in [0.05, 0.1) is 5.92 Å². The van der Waals surface area contributed by atoms with E-state index in [2.05, 4.69) is 21.5 Å². The first-order chi connectivity index (χ1) is 12.6. The van der Waals surface area contributed by atoms with Gasteiger partial charge in [-0.15, -0.1) is 0 Å². The number of ether oxygens (including phenoxy) is 1. The fourth-order valence-electron chi connectivity index (χ4n) is 2.99. The Balaban J connectivity index is 2.17. The highest BCUT2D eigenvalue weighted by atomic mass is 16.6. The lowest BCUT2D eigenvalue weighted by Crippen LogP contribution is -2.54. The number of aliphatic carboxylic acids is 1. The summed E-state index contributed by atoms with van der Waals surface area (Å²) in [5, 5.41) is 24.7. The van der Waals surface area contributed by atoms with Crippen molar-refractivity contribution in [3.63, 3.8) is 0 Å². The zero-order valence-corrected chi connectivity index (χ0v) is 16.9. The number of hydrogen-bond donors (Lipinski definition) is 6. The van der Waals surface area contributed by atoms with Gasteiger partial charge in [-0.1, -0.05) is 6.92 Å². The average molecular weight is 389 g/mol. The van der Waals surface area contributed by atoms with Crippen molar-refractivity contribution >= 4 is 12.1 Å². The van der Waals surface area contributed by atoms with Gasteiger partial charge in [-0.05, 0) is 58.8 Å². The molecule has 1 aliphatic rings. The second kappa shape index (κ2) is 11.4. The Morgan fingerprint density at radius 2 is 1.81 bits per heavy atom. The molecule has 0 bridgehead atoms. The van der Waals surface area contributed by atoms with Crippen molar-refractivity contribution in [2.45, 2.75) is 77.8 Å². The third kappa shape index (κ3) is 10.5. The van der Waals surface area contributed by atoms with E-state index in [0.29, 0.717) is 38.3 Å². The van der Waals surface area contributed by atoms with Crippen molar-refractivity contribution in [3.05, 3.63) is 0 Å². The molecule has 0 aromatic heterocycles. The molecule has 1 rings (SSSR count). The normalized spacial score (nSPS) is 22.7. The highest BCUT2D eigenvalue weighted by molar-refractivity contribution is 5.70. The van der Waals surface area contributed by atoms with E-state index < -0.39 is 24.0 Å². The first-order valence-corrected chi connectivity index (χ1v) is 9.72. The van der Waals surface area contributed by atoms with Crippen LogP contribution in [0, 0.1) is 11.8 Å². The monoisotopic (exact) mass is 388 g/mol. The molecule has 9 nitrogen and oxygen atoms in total. The minimum absolute atomic E-state index is 0.133. The molecular formula is C18H36N4O5. The standard InChI is InChI=1S/C18H36N4O5/c1-5-14(21-17(26)27-18(2,3)4)11-20-22-16(25)19-10-12-6-8-13(9-7-12)15(23)24/h12-14,16,19-20,22,25H,5-11H2,1-4H3,(H,21,26)(H,23,24). The van der Waals surface area contributed by atoms with Crippen LogP contribution in [0.4, 0.5) is 4.79 Å². The number of alkyl carbamates (subject to hydrolysis) is 1. The molecule has 1 saturated carbocycles. The molecule has 0 saturated heterocycles. The van der Waals surface area contributed by atoms with E-state index in [-0.39, 0.29) is 12.0 Å². The van der Waals surface area contributed by atoms with Crippen molar-refractivity contribution < 1.29 is 24.5 Å². The molecular weight excluding hydrogens is 352 g/mol. The Morgan fingerprint density at radius 1 is 1.19 bits per heavy atom. The third-order valence-corrected chi connectivity index (χ3v) is 4.60. The van der Waals surface area contributed by atoms with Gasteiger partial charge in [-0.25, -0.2) is 10.2 Å². The second-order valence-electron chi connectivity index (χ2n) is 8.14. The molecule has 0 spiro atoms. The van der Waals surface area contributed by atoms with Gasteiger partial charge in [0.1, 0.15) is 5.60 Å². The predicted molar refractivity (Wildman–Crippen MR) is 102 cm³/mol. The van der Waals surface area contributed by atoms with Crippen LogP contribution in [-0.4, -0.2) is 53.4 Å². The van der Waals surface area contributed by atoms with E-state index in [4.69, 9.17) is 9.84 Å². The van der Waals surface area contributed by atoms with Crippen LogP contribution in [0.1, 0.15) is 59.8 Å². The van der Waals surface area contributed by atoms with Gasteiger partial charge in [-0.3, -0.25) is 15.5 Å². The highest BCUT2D eigenvalue weighted by Crippen LogP contribution is 2.28. The number of hydrazine groups is 1. The van der Waals surface area contributed by atoms with Crippen LogP contribution < -0.4 is 21.5 Å². The number of aliphatic hydroxyl groups is 1. The molecule has 0 aliphatic heterocycles. The smallest absolute Gasteiger partial charge is 0.407 e. The number of carbonyl (C=O) groups excluding carboxylic acids is 1. The number of amides is 1. The molecule has 2 atom stereocenters.